The topological polar surface area (TPSA) is 41.9 Å². The molecule has 2 aromatic rings. The molecule has 0 saturated carbocycles. The number of thiocarbonyl (C=S) groups is 1. The summed E-state index contributed by atoms with van der Waals surface area (Å²) in [7, 11) is 1.91. The predicted octanol–water partition coefficient (Wildman–Crippen LogP) is 3.32. The van der Waals surface area contributed by atoms with Crippen molar-refractivity contribution in [2.24, 2.45) is 7.05 Å². The Morgan fingerprint density at radius 2 is 2.14 bits per heavy atom. The molecule has 1 aromatic heterocycles. The summed E-state index contributed by atoms with van der Waals surface area (Å²) in [5.74, 6) is -0.456. The van der Waals surface area contributed by atoms with Gasteiger partial charge < -0.3 is 10.6 Å². The van der Waals surface area contributed by atoms with Crippen LogP contribution in [0.25, 0.3) is 0 Å². The van der Waals surface area contributed by atoms with Crippen molar-refractivity contribution < 1.29 is 4.39 Å². The predicted molar refractivity (Wildman–Crippen MR) is 87.2 cm³/mol. The number of anilines is 1. The molecule has 7 heteroatoms. The summed E-state index contributed by atoms with van der Waals surface area (Å²) < 4.78 is 14.9. The molecule has 0 unspecified atom stereocenters. The lowest BCUT2D eigenvalue weighted by atomic mass is 10.2. The van der Waals surface area contributed by atoms with Gasteiger partial charge in [-0.15, -0.1) is 0 Å². The van der Waals surface area contributed by atoms with E-state index in [4.69, 9.17) is 23.8 Å². The average molecular weight is 327 g/mol. The summed E-state index contributed by atoms with van der Waals surface area (Å²) in [5.41, 5.74) is 3.81. The first-order chi connectivity index (χ1) is 9.88. The van der Waals surface area contributed by atoms with Crippen molar-refractivity contribution in [3.63, 3.8) is 0 Å². The number of hydrogen-bond acceptors (Lipinski definition) is 2. The Balaban J connectivity index is 1.97. The Bertz CT molecular complexity index is 684. The fraction of sp³-hybridized carbons (Fsp3) is 0.286. The zero-order valence-corrected chi connectivity index (χ0v) is 13.6. The molecule has 0 atom stereocenters. The Morgan fingerprint density at radius 3 is 2.71 bits per heavy atom. The molecule has 21 heavy (non-hydrogen) atoms. The second kappa shape index (κ2) is 6.41. The molecular weight excluding hydrogens is 311 g/mol. The second-order valence-corrected chi connectivity index (χ2v) is 5.52. The van der Waals surface area contributed by atoms with Crippen LogP contribution in [0.1, 0.15) is 17.0 Å². The van der Waals surface area contributed by atoms with E-state index < -0.39 is 5.82 Å². The maximum atomic E-state index is 13.1. The van der Waals surface area contributed by atoms with Gasteiger partial charge in [0.2, 0.25) is 0 Å². The number of aromatic nitrogens is 2. The molecule has 0 spiro atoms. The molecule has 0 saturated heterocycles. The maximum Gasteiger partial charge on any atom is 0.171 e. The summed E-state index contributed by atoms with van der Waals surface area (Å²) >= 11 is 10.9. The van der Waals surface area contributed by atoms with Crippen molar-refractivity contribution in [3.05, 3.63) is 46.0 Å². The highest BCUT2D eigenvalue weighted by atomic mass is 35.5. The highest BCUT2D eigenvalue weighted by molar-refractivity contribution is 7.80. The van der Waals surface area contributed by atoms with Crippen LogP contribution < -0.4 is 10.6 Å². The van der Waals surface area contributed by atoms with Gasteiger partial charge in [0, 0.05) is 30.5 Å². The standard InChI is InChI=1S/C14H16ClFN4S/c1-8-11(9(2)20(3)19-8)7-17-14(21)18-10-4-5-13(16)12(15)6-10/h4-6H,7H2,1-3H3,(H2,17,18,21). The lowest BCUT2D eigenvalue weighted by Crippen LogP contribution is -2.28. The first kappa shape index (κ1) is 15.7. The highest BCUT2D eigenvalue weighted by Crippen LogP contribution is 2.19. The van der Waals surface area contributed by atoms with E-state index in [9.17, 15) is 4.39 Å². The number of rotatable bonds is 3. The maximum absolute atomic E-state index is 13.1. The van der Waals surface area contributed by atoms with Crippen LogP contribution in [-0.2, 0) is 13.6 Å². The van der Waals surface area contributed by atoms with E-state index in [2.05, 4.69) is 15.7 Å². The van der Waals surface area contributed by atoms with Gasteiger partial charge in [0.15, 0.2) is 5.11 Å². The highest BCUT2D eigenvalue weighted by Gasteiger charge is 2.09. The van der Waals surface area contributed by atoms with Crippen LogP contribution >= 0.6 is 23.8 Å². The van der Waals surface area contributed by atoms with Crippen LogP contribution in [0.3, 0.4) is 0 Å². The molecule has 0 aliphatic carbocycles. The molecule has 0 bridgehead atoms. The van der Waals surface area contributed by atoms with E-state index >= 15 is 0 Å². The molecule has 2 rings (SSSR count). The van der Waals surface area contributed by atoms with Gasteiger partial charge >= 0.3 is 0 Å². The van der Waals surface area contributed by atoms with E-state index in [1.165, 1.54) is 12.1 Å². The van der Waals surface area contributed by atoms with Crippen molar-refractivity contribution in [2.75, 3.05) is 5.32 Å². The number of nitrogens with one attached hydrogen (secondary N) is 2. The van der Waals surface area contributed by atoms with Gasteiger partial charge in [-0.2, -0.15) is 5.10 Å². The van der Waals surface area contributed by atoms with Crippen LogP contribution in [0.4, 0.5) is 10.1 Å². The third kappa shape index (κ3) is 3.71. The first-order valence-corrected chi connectivity index (χ1v) is 7.16. The van der Waals surface area contributed by atoms with Gasteiger partial charge in [-0.1, -0.05) is 11.6 Å². The molecule has 0 radical (unpaired) electrons. The van der Waals surface area contributed by atoms with Crippen LogP contribution in [-0.4, -0.2) is 14.9 Å². The molecule has 4 nitrogen and oxygen atoms in total. The summed E-state index contributed by atoms with van der Waals surface area (Å²) in [5, 5.41) is 10.9. The summed E-state index contributed by atoms with van der Waals surface area (Å²) in [4.78, 5) is 0. The molecule has 1 aromatic carbocycles. The summed E-state index contributed by atoms with van der Waals surface area (Å²) in [6.07, 6.45) is 0. The van der Waals surface area contributed by atoms with Crippen molar-refractivity contribution >= 4 is 34.6 Å². The quantitative estimate of drug-likeness (QED) is 0.849. The molecule has 112 valence electrons. The summed E-state index contributed by atoms with van der Waals surface area (Å²) in [6, 6.07) is 4.36. The van der Waals surface area contributed by atoms with Crippen molar-refractivity contribution in [2.45, 2.75) is 20.4 Å². The lowest BCUT2D eigenvalue weighted by Gasteiger charge is -2.11. The molecule has 1 heterocycles. The minimum absolute atomic E-state index is 0.0572. The van der Waals surface area contributed by atoms with Crippen molar-refractivity contribution in [1.29, 1.82) is 0 Å². The van der Waals surface area contributed by atoms with Crippen LogP contribution in [0.5, 0.6) is 0 Å². The molecule has 0 aliphatic rings. The Labute approximate surface area is 133 Å². The van der Waals surface area contributed by atoms with E-state index in [0.29, 0.717) is 17.3 Å². The minimum Gasteiger partial charge on any atom is -0.358 e. The van der Waals surface area contributed by atoms with Gasteiger partial charge in [0.25, 0.3) is 0 Å². The monoisotopic (exact) mass is 326 g/mol. The van der Waals surface area contributed by atoms with Crippen LogP contribution in [0.15, 0.2) is 18.2 Å². The zero-order chi connectivity index (χ0) is 15.6. The fourth-order valence-corrected chi connectivity index (χ4v) is 2.36. The van der Waals surface area contributed by atoms with Gasteiger partial charge in [-0.3, -0.25) is 4.68 Å². The van der Waals surface area contributed by atoms with Gasteiger partial charge in [-0.05, 0) is 44.3 Å². The molecule has 2 N–H and O–H groups in total. The van der Waals surface area contributed by atoms with Crippen LogP contribution in [0.2, 0.25) is 5.02 Å². The second-order valence-electron chi connectivity index (χ2n) is 4.71. The number of aryl methyl sites for hydroxylation is 2. The van der Waals surface area contributed by atoms with E-state index in [0.717, 1.165) is 17.0 Å². The lowest BCUT2D eigenvalue weighted by molar-refractivity contribution is 0.628. The average Bonchev–Trinajstić information content (AvgIpc) is 2.66. The Morgan fingerprint density at radius 1 is 1.43 bits per heavy atom. The van der Waals surface area contributed by atoms with Gasteiger partial charge in [-0.25, -0.2) is 4.39 Å². The van der Waals surface area contributed by atoms with Gasteiger partial charge in [0.05, 0.1) is 10.7 Å². The third-order valence-corrected chi connectivity index (χ3v) is 3.80. The van der Waals surface area contributed by atoms with Gasteiger partial charge in [0.1, 0.15) is 5.82 Å². The largest absolute Gasteiger partial charge is 0.358 e. The van der Waals surface area contributed by atoms with E-state index in [-0.39, 0.29) is 5.02 Å². The Kier molecular flexibility index (Phi) is 4.80. The fourth-order valence-electron chi connectivity index (χ4n) is 1.99. The third-order valence-electron chi connectivity index (χ3n) is 3.26. The normalized spacial score (nSPS) is 10.5. The number of hydrogen-bond donors (Lipinski definition) is 2. The molecule has 0 fully saturated rings. The van der Waals surface area contributed by atoms with E-state index in [1.807, 2.05) is 25.6 Å². The zero-order valence-electron chi connectivity index (χ0n) is 12.0. The van der Waals surface area contributed by atoms with E-state index in [1.54, 1.807) is 6.07 Å². The molecular formula is C14H16ClFN4S. The number of halogens is 2. The number of benzene rings is 1. The molecule has 0 aliphatic heterocycles. The summed E-state index contributed by atoms with van der Waals surface area (Å²) in [6.45, 7) is 4.54. The van der Waals surface area contributed by atoms with Crippen molar-refractivity contribution in [1.82, 2.24) is 15.1 Å². The minimum atomic E-state index is -0.456. The first-order valence-electron chi connectivity index (χ1n) is 6.37. The van der Waals surface area contributed by atoms with Crippen LogP contribution in [0, 0.1) is 19.7 Å². The SMILES string of the molecule is Cc1nn(C)c(C)c1CNC(=S)Nc1ccc(F)c(Cl)c1. The van der Waals surface area contributed by atoms with Crippen molar-refractivity contribution in [3.8, 4) is 0 Å². The molecule has 0 amide bonds. The Hall–Kier alpha value is -1.66. The smallest absolute Gasteiger partial charge is 0.171 e. The number of nitrogens with zero attached hydrogens (tertiary/aromatic N) is 2.